The third-order valence-corrected chi connectivity index (χ3v) is 6.98. The molecular weight excluding hydrogens is 388 g/mol. The summed E-state index contributed by atoms with van der Waals surface area (Å²) in [5, 5.41) is 4.38. The minimum absolute atomic E-state index is 0.0123. The van der Waals surface area contributed by atoms with Gasteiger partial charge in [0, 0.05) is 28.6 Å². The number of carbonyl (C=O) groups excluding carboxylic acids is 2. The van der Waals surface area contributed by atoms with E-state index in [1.165, 1.54) is 12.1 Å². The van der Waals surface area contributed by atoms with E-state index in [1.54, 1.807) is 42.2 Å². The quantitative estimate of drug-likeness (QED) is 0.695. The number of carbonyl (C=O) groups is 2. The Hall–Kier alpha value is -3.19. The second-order valence-corrected chi connectivity index (χ2v) is 9.01. The van der Waals surface area contributed by atoms with Gasteiger partial charge < -0.3 is 10.2 Å². The maximum atomic E-state index is 13.0. The molecule has 0 saturated heterocycles. The second-order valence-electron chi connectivity index (χ2n) is 6.76. The van der Waals surface area contributed by atoms with Crippen molar-refractivity contribution in [2.45, 2.75) is 18.7 Å². The lowest BCUT2D eigenvalue weighted by Crippen LogP contribution is -2.25. The van der Waals surface area contributed by atoms with E-state index in [-0.39, 0.29) is 22.1 Å². The summed E-state index contributed by atoms with van der Waals surface area (Å²) in [6, 6.07) is 15.1. The largest absolute Gasteiger partial charge is 0.321 e. The molecule has 0 unspecified atom stereocenters. The number of hydrogen-bond donors (Lipinski definition) is 1. The van der Waals surface area contributed by atoms with Crippen LogP contribution in [0, 0.1) is 0 Å². The predicted octanol–water partition coefficient (Wildman–Crippen LogP) is 3.87. The van der Waals surface area contributed by atoms with Gasteiger partial charge in [0.1, 0.15) is 0 Å². The summed E-state index contributed by atoms with van der Waals surface area (Å²) < 4.78 is 24.7. The van der Waals surface area contributed by atoms with Crippen LogP contribution in [0.5, 0.6) is 0 Å². The van der Waals surface area contributed by atoms with Gasteiger partial charge in [0.2, 0.25) is 0 Å². The van der Waals surface area contributed by atoms with Gasteiger partial charge in [-0.25, -0.2) is 8.42 Å². The molecule has 0 aliphatic carbocycles. The SMILES string of the molecule is CCN1C(=O)c2cccc3c(NC(=O)c4ccccc4S(=O)(=O)CC)ccc1c23. The lowest BCUT2D eigenvalue weighted by Gasteiger charge is -2.16. The van der Waals surface area contributed by atoms with Gasteiger partial charge in [-0.2, -0.15) is 0 Å². The molecule has 1 aliphatic heterocycles. The lowest BCUT2D eigenvalue weighted by molar-refractivity contribution is 0.0992. The number of rotatable bonds is 5. The minimum atomic E-state index is -3.54. The fraction of sp³-hybridized carbons (Fsp3) is 0.182. The normalized spacial score (nSPS) is 13.2. The summed E-state index contributed by atoms with van der Waals surface area (Å²) in [6.45, 7) is 4.01. The number of nitrogens with zero attached hydrogens (tertiary/aromatic N) is 1. The van der Waals surface area contributed by atoms with Crippen molar-refractivity contribution >= 4 is 43.8 Å². The van der Waals surface area contributed by atoms with Gasteiger partial charge in [-0.15, -0.1) is 0 Å². The molecule has 6 nitrogen and oxygen atoms in total. The van der Waals surface area contributed by atoms with Crippen molar-refractivity contribution in [1.29, 1.82) is 0 Å². The zero-order chi connectivity index (χ0) is 20.8. The Morgan fingerprint density at radius 3 is 2.48 bits per heavy atom. The van der Waals surface area contributed by atoms with Crippen LogP contribution in [-0.4, -0.2) is 32.5 Å². The number of amides is 2. The molecule has 1 aliphatic rings. The maximum absolute atomic E-state index is 13.0. The van der Waals surface area contributed by atoms with Crippen molar-refractivity contribution in [1.82, 2.24) is 0 Å². The Bertz CT molecular complexity index is 1270. The molecule has 0 aromatic heterocycles. The zero-order valence-electron chi connectivity index (χ0n) is 16.1. The highest BCUT2D eigenvalue weighted by Crippen LogP contribution is 2.40. The van der Waals surface area contributed by atoms with E-state index in [0.29, 0.717) is 17.8 Å². The number of nitrogens with one attached hydrogen (secondary N) is 1. The number of hydrogen-bond acceptors (Lipinski definition) is 4. The summed E-state index contributed by atoms with van der Waals surface area (Å²) in [5.74, 6) is -0.654. The highest BCUT2D eigenvalue weighted by Gasteiger charge is 2.29. The Morgan fingerprint density at radius 1 is 1.00 bits per heavy atom. The molecule has 29 heavy (non-hydrogen) atoms. The molecule has 4 rings (SSSR count). The highest BCUT2D eigenvalue weighted by molar-refractivity contribution is 7.91. The van der Waals surface area contributed by atoms with Crippen LogP contribution in [0.4, 0.5) is 11.4 Å². The van der Waals surface area contributed by atoms with E-state index < -0.39 is 15.7 Å². The van der Waals surface area contributed by atoms with Gasteiger partial charge in [0.05, 0.1) is 21.9 Å². The summed E-state index contributed by atoms with van der Waals surface area (Å²) >= 11 is 0. The van der Waals surface area contributed by atoms with Crippen LogP contribution in [0.3, 0.4) is 0 Å². The van der Waals surface area contributed by atoms with Gasteiger partial charge in [-0.3, -0.25) is 9.59 Å². The third kappa shape index (κ3) is 2.98. The number of sulfone groups is 1. The van der Waals surface area contributed by atoms with Crippen molar-refractivity contribution in [3.8, 4) is 0 Å². The van der Waals surface area contributed by atoms with Gasteiger partial charge >= 0.3 is 0 Å². The lowest BCUT2D eigenvalue weighted by atomic mass is 10.0. The summed E-state index contributed by atoms with van der Waals surface area (Å²) in [4.78, 5) is 27.3. The predicted molar refractivity (Wildman–Crippen MR) is 113 cm³/mol. The second kappa shape index (κ2) is 7.00. The Labute approximate surface area is 169 Å². The first-order chi connectivity index (χ1) is 13.9. The average Bonchev–Trinajstić information content (AvgIpc) is 3.02. The fourth-order valence-corrected chi connectivity index (χ4v) is 4.83. The molecular formula is C22H20N2O4S. The molecule has 3 aromatic carbocycles. The third-order valence-electron chi connectivity index (χ3n) is 5.20. The van der Waals surface area contributed by atoms with Gasteiger partial charge in [-0.05, 0) is 37.3 Å². The van der Waals surface area contributed by atoms with Crippen LogP contribution < -0.4 is 10.2 Å². The van der Waals surface area contributed by atoms with E-state index in [0.717, 1.165) is 16.5 Å². The Kier molecular flexibility index (Phi) is 4.62. The molecule has 1 N–H and O–H groups in total. The van der Waals surface area contributed by atoms with Crippen LogP contribution in [-0.2, 0) is 9.84 Å². The molecule has 0 radical (unpaired) electrons. The molecule has 0 spiro atoms. The van der Waals surface area contributed by atoms with E-state index >= 15 is 0 Å². The zero-order valence-corrected chi connectivity index (χ0v) is 16.9. The monoisotopic (exact) mass is 408 g/mol. The first-order valence-electron chi connectivity index (χ1n) is 9.39. The first-order valence-corrected chi connectivity index (χ1v) is 11.0. The molecule has 2 amide bonds. The molecule has 0 fully saturated rings. The van der Waals surface area contributed by atoms with Crippen LogP contribution in [0.1, 0.15) is 34.6 Å². The van der Waals surface area contributed by atoms with Crippen molar-refractivity contribution in [3.63, 3.8) is 0 Å². The van der Waals surface area contributed by atoms with Crippen molar-refractivity contribution in [3.05, 3.63) is 65.7 Å². The molecule has 148 valence electrons. The van der Waals surface area contributed by atoms with Gasteiger partial charge in [0.15, 0.2) is 9.84 Å². The smallest absolute Gasteiger partial charge is 0.258 e. The molecule has 1 heterocycles. The Balaban J connectivity index is 1.79. The summed E-state index contributed by atoms with van der Waals surface area (Å²) in [5.41, 5.74) is 2.05. The Morgan fingerprint density at radius 2 is 1.76 bits per heavy atom. The molecule has 0 bridgehead atoms. The van der Waals surface area contributed by atoms with Crippen LogP contribution in [0.2, 0.25) is 0 Å². The molecule has 3 aromatic rings. The fourth-order valence-electron chi connectivity index (χ4n) is 3.74. The van der Waals surface area contributed by atoms with Crippen molar-refractivity contribution in [2.24, 2.45) is 0 Å². The van der Waals surface area contributed by atoms with E-state index in [2.05, 4.69) is 5.32 Å². The molecule has 7 heteroatoms. The first kappa shape index (κ1) is 19.1. The average molecular weight is 408 g/mol. The van der Waals surface area contributed by atoms with Gasteiger partial charge in [0.25, 0.3) is 11.8 Å². The number of anilines is 2. The maximum Gasteiger partial charge on any atom is 0.258 e. The van der Waals surface area contributed by atoms with E-state index in [1.807, 2.05) is 19.1 Å². The van der Waals surface area contributed by atoms with Crippen LogP contribution in [0.15, 0.2) is 59.5 Å². The summed E-state index contributed by atoms with van der Waals surface area (Å²) in [6.07, 6.45) is 0. The molecule has 0 atom stereocenters. The minimum Gasteiger partial charge on any atom is -0.321 e. The number of benzene rings is 3. The summed E-state index contributed by atoms with van der Waals surface area (Å²) in [7, 11) is -3.54. The van der Waals surface area contributed by atoms with Crippen LogP contribution >= 0.6 is 0 Å². The highest BCUT2D eigenvalue weighted by atomic mass is 32.2. The van der Waals surface area contributed by atoms with Crippen molar-refractivity contribution < 1.29 is 18.0 Å². The van der Waals surface area contributed by atoms with Crippen molar-refractivity contribution in [2.75, 3.05) is 22.5 Å². The van der Waals surface area contributed by atoms with Crippen LogP contribution in [0.25, 0.3) is 10.8 Å². The van der Waals surface area contributed by atoms with E-state index in [9.17, 15) is 18.0 Å². The standard InChI is InChI=1S/C22H20N2O4S/c1-3-24-18-13-12-17(14-9-7-10-16(20(14)18)22(24)26)23-21(25)15-8-5-6-11-19(15)29(27,28)4-2/h5-13H,3-4H2,1-2H3,(H,23,25). The molecule has 0 saturated carbocycles. The topological polar surface area (TPSA) is 83.6 Å². The van der Waals surface area contributed by atoms with E-state index in [4.69, 9.17) is 0 Å². The van der Waals surface area contributed by atoms with Gasteiger partial charge in [-0.1, -0.05) is 31.2 Å².